The zero-order valence-electron chi connectivity index (χ0n) is 35.9. The minimum absolute atomic E-state index is 0.154. The van der Waals surface area contributed by atoms with Gasteiger partial charge in [-0.15, -0.1) is 13.2 Å². The number of rotatable bonds is 10. The van der Waals surface area contributed by atoms with E-state index >= 15 is 0 Å². The van der Waals surface area contributed by atoms with Crippen molar-refractivity contribution in [3.05, 3.63) is 231 Å². The molecule has 0 saturated carbocycles. The Balaban J connectivity index is 1.28. The Bertz CT molecular complexity index is 3100. The quantitative estimate of drug-likeness (QED) is 0.100. The van der Waals surface area contributed by atoms with Crippen LogP contribution < -0.4 is 9.80 Å². The molecule has 0 aromatic heterocycles. The molecule has 0 fully saturated rings. The third-order valence-electron chi connectivity index (χ3n) is 13.1. The SMILES string of the molecule is C=CC(C)(C)c1ccc(N(c2cccc3ccccc23)c2cc3c4ccccc4c(N(c4ccc(C(C)(C)C=C)cc4)c4cccc5ccccc45)cc3c3ccccc23)cc1. The van der Waals surface area contributed by atoms with Crippen molar-refractivity contribution >= 4 is 88.0 Å². The van der Waals surface area contributed by atoms with Gasteiger partial charge < -0.3 is 9.80 Å². The summed E-state index contributed by atoms with van der Waals surface area (Å²) in [5.41, 5.74) is 8.87. The highest BCUT2D eigenvalue weighted by molar-refractivity contribution is 6.25. The fraction of sp³-hybridized carbons (Fsp3) is 0.100. The summed E-state index contributed by atoms with van der Waals surface area (Å²) in [7, 11) is 0. The standard InChI is InChI=1S/C60H50N2/c1-7-59(3,4)43-31-35-45(36-32-43)61(55-29-17-21-41-19-9-11-23-47(41)55)57-39-53-50-26-14-16-28-52(50)58(40-54(53)49-25-13-15-27-51(49)57)62(46-37-33-44(34-38-46)60(5,6)8-2)56-30-18-22-42-20-10-12-24-48(42)56/h7-40H,1-2H2,3-6H3. The van der Waals surface area contributed by atoms with Gasteiger partial charge >= 0.3 is 0 Å². The summed E-state index contributed by atoms with van der Waals surface area (Å²) in [5, 5.41) is 12.0. The molecule has 0 atom stereocenters. The van der Waals surface area contributed by atoms with Gasteiger partial charge in [-0.3, -0.25) is 0 Å². The van der Waals surface area contributed by atoms with E-state index in [1.54, 1.807) is 0 Å². The zero-order chi connectivity index (χ0) is 42.6. The van der Waals surface area contributed by atoms with Crippen LogP contribution in [0.4, 0.5) is 34.1 Å². The molecule has 0 saturated heterocycles. The van der Waals surface area contributed by atoms with Crippen molar-refractivity contribution < 1.29 is 0 Å². The monoisotopic (exact) mass is 798 g/mol. The van der Waals surface area contributed by atoms with Gasteiger partial charge in [0.2, 0.25) is 0 Å². The molecule has 2 heteroatoms. The number of hydrogen-bond donors (Lipinski definition) is 0. The van der Waals surface area contributed by atoms with Crippen LogP contribution in [0.5, 0.6) is 0 Å². The molecule has 0 heterocycles. The van der Waals surface area contributed by atoms with Gasteiger partial charge in [-0.1, -0.05) is 185 Å². The molecular formula is C60H50N2. The van der Waals surface area contributed by atoms with E-state index in [0.29, 0.717) is 0 Å². The summed E-state index contributed by atoms with van der Waals surface area (Å²) in [4.78, 5) is 4.93. The van der Waals surface area contributed by atoms with Gasteiger partial charge in [0.25, 0.3) is 0 Å². The highest BCUT2D eigenvalue weighted by Crippen LogP contribution is 2.49. The molecule has 300 valence electrons. The Labute approximate surface area is 365 Å². The molecule has 0 aliphatic rings. The average molecular weight is 799 g/mol. The molecule has 0 N–H and O–H groups in total. The second kappa shape index (κ2) is 15.2. The molecule has 10 aromatic rings. The van der Waals surface area contributed by atoms with Crippen molar-refractivity contribution in [1.29, 1.82) is 0 Å². The van der Waals surface area contributed by atoms with Gasteiger partial charge in [0.05, 0.1) is 22.7 Å². The predicted molar refractivity (Wildman–Crippen MR) is 270 cm³/mol. The van der Waals surface area contributed by atoms with Gasteiger partial charge in [-0.2, -0.15) is 0 Å². The van der Waals surface area contributed by atoms with Crippen LogP contribution in [0.3, 0.4) is 0 Å². The highest BCUT2D eigenvalue weighted by atomic mass is 15.2. The molecule has 0 aliphatic heterocycles. The van der Waals surface area contributed by atoms with Gasteiger partial charge in [0, 0.05) is 43.7 Å². The van der Waals surface area contributed by atoms with Crippen molar-refractivity contribution in [3.8, 4) is 0 Å². The maximum Gasteiger partial charge on any atom is 0.0546 e. The maximum atomic E-state index is 4.15. The summed E-state index contributed by atoms with van der Waals surface area (Å²) in [6.45, 7) is 17.2. The number of benzene rings is 10. The lowest BCUT2D eigenvalue weighted by Crippen LogP contribution is -2.15. The number of allylic oxidation sites excluding steroid dienone is 2. The summed E-state index contributed by atoms with van der Waals surface area (Å²) >= 11 is 0. The Hall–Kier alpha value is -7.42. The first-order valence-corrected chi connectivity index (χ1v) is 21.6. The molecule has 2 nitrogen and oxygen atoms in total. The molecule has 0 radical (unpaired) electrons. The Kier molecular flexibility index (Phi) is 9.53. The molecule has 0 unspecified atom stereocenters. The second-order valence-electron chi connectivity index (χ2n) is 17.6. The molecule has 62 heavy (non-hydrogen) atoms. The predicted octanol–water partition coefficient (Wildman–Crippen LogP) is 17.3. The van der Waals surface area contributed by atoms with Gasteiger partial charge in [-0.05, 0) is 92.0 Å². The van der Waals surface area contributed by atoms with Crippen LogP contribution in [0, 0.1) is 0 Å². The van der Waals surface area contributed by atoms with Crippen molar-refractivity contribution in [2.45, 2.75) is 38.5 Å². The lowest BCUT2D eigenvalue weighted by molar-refractivity contribution is 0.672. The minimum Gasteiger partial charge on any atom is -0.309 e. The summed E-state index contributed by atoms with van der Waals surface area (Å²) < 4.78 is 0. The average Bonchev–Trinajstić information content (AvgIpc) is 3.32. The first-order valence-electron chi connectivity index (χ1n) is 21.6. The van der Waals surface area contributed by atoms with E-state index in [-0.39, 0.29) is 10.8 Å². The molecule has 10 rings (SSSR count). The lowest BCUT2D eigenvalue weighted by Gasteiger charge is -2.31. The lowest BCUT2D eigenvalue weighted by atomic mass is 9.85. The van der Waals surface area contributed by atoms with Crippen LogP contribution >= 0.6 is 0 Å². The molecule has 0 amide bonds. The van der Waals surface area contributed by atoms with Crippen LogP contribution in [-0.2, 0) is 10.8 Å². The Morgan fingerprint density at radius 3 is 1.02 bits per heavy atom. The van der Waals surface area contributed by atoms with E-state index in [0.717, 1.165) is 34.1 Å². The number of anilines is 6. The van der Waals surface area contributed by atoms with Gasteiger partial charge in [0.1, 0.15) is 0 Å². The summed E-state index contributed by atoms with van der Waals surface area (Å²) in [6.07, 6.45) is 4.06. The van der Waals surface area contributed by atoms with Crippen molar-refractivity contribution in [2.75, 3.05) is 9.80 Å². The third-order valence-corrected chi connectivity index (χ3v) is 13.1. The van der Waals surface area contributed by atoms with E-state index in [2.05, 4.69) is 245 Å². The van der Waals surface area contributed by atoms with E-state index in [4.69, 9.17) is 0 Å². The fourth-order valence-corrected chi connectivity index (χ4v) is 9.22. The van der Waals surface area contributed by atoms with Crippen LogP contribution in [0.2, 0.25) is 0 Å². The van der Waals surface area contributed by atoms with Crippen LogP contribution in [-0.4, -0.2) is 0 Å². The van der Waals surface area contributed by atoms with Gasteiger partial charge in [-0.25, -0.2) is 0 Å². The third kappa shape index (κ3) is 6.51. The van der Waals surface area contributed by atoms with E-state index < -0.39 is 0 Å². The number of fused-ring (bicyclic) bond motifs is 7. The summed E-state index contributed by atoms with van der Waals surface area (Å²) in [6, 6.07) is 71.5. The van der Waals surface area contributed by atoms with E-state index in [1.165, 1.54) is 65.0 Å². The largest absolute Gasteiger partial charge is 0.309 e. The molecule has 10 aromatic carbocycles. The van der Waals surface area contributed by atoms with Crippen LogP contribution in [0.1, 0.15) is 38.8 Å². The smallest absolute Gasteiger partial charge is 0.0546 e. The highest BCUT2D eigenvalue weighted by Gasteiger charge is 2.25. The molecule has 0 spiro atoms. The number of nitrogens with zero attached hydrogens (tertiary/aromatic N) is 2. The van der Waals surface area contributed by atoms with Crippen LogP contribution in [0.15, 0.2) is 219 Å². The Morgan fingerprint density at radius 1 is 0.323 bits per heavy atom. The second-order valence-corrected chi connectivity index (χ2v) is 17.6. The van der Waals surface area contributed by atoms with Crippen LogP contribution in [0.25, 0.3) is 53.9 Å². The van der Waals surface area contributed by atoms with Gasteiger partial charge in [0.15, 0.2) is 0 Å². The Morgan fingerprint density at radius 2 is 0.645 bits per heavy atom. The molecule has 0 bridgehead atoms. The normalized spacial score (nSPS) is 12.0. The first-order chi connectivity index (χ1) is 30.2. The van der Waals surface area contributed by atoms with Crippen molar-refractivity contribution in [3.63, 3.8) is 0 Å². The molecular weight excluding hydrogens is 749 g/mol. The fourth-order valence-electron chi connectivity index (χ4n) is 9.22. The molecule has 0 aliphatic carbocycles. The maximum absolute atomic E-state index is 4.15. The zero-order valence-corrected chi connectivity index (χ0v) is 35.9. The topological polar surface area (TPSA) is 6.48 Å². The number of hydrogen-bond acceptors (Lipinski definition) is 2. The summed E-state index contributed by atoms with van der Waals surface area (Å²) in [5.74, 6) is 0. The van der Waals surface area contributed by atoms with Crippen molar-refractivity contribution in [2.24, 2.45) is 0 Å². The minimum atomic E-state index is -0.154. The van der Waals surface area contributed by atoms with Crippen molar-refractivity contribution in [1.82, 2.24) is 0 Å². The van der Waals surface area contributed by atoms with E-state index in [1.807, 2.05) is 12.2 Å². The first kappa shape index (κ1) is 38.8. The van der Waals surface area contributed by atoms with E-state index in [9.17, 15) is 0 Å².